The van der Waals surface area contributed by atoms with Crippen LogP contribution < -0.4 is 0 Å². The lowest BCUT2D eigenvalue weighted by Crippen LogP contribution is -2.01. The van der Waals surface area contributed by atoms with Crippen molar-refractivity contribution < 1.29 is 0 Å². The molecule has 1 saturated carbocycles. The van der Waals surface area contributed by atoms with Crippen molar-refractivity contribution in [2.75, 3.05) is 0 Å². The van der Waals surface area contributed by atoms with Crippen molar-refractivity contribution in [1.29, 1.82) is 0 Å². The molecule has 1 rings (SSSR count). The molecule has 0 heteroatoms. The zero-order valence-corrected chi connectivity index (χ0v) is 14.0. The average molecular weight is 280 g/mol. The molecule has 0 bridgehead atoms. The van der Waals surface area contributed by atoms with Crippen molar-refractivity contribution in [3.8, 4) is 0 Å². The molecule has 1 aliphatic carbocycles. The van der Waals surface area contributed by atoms with Crippen molar-refractivity contribution in [2.24, 2.45) is 5.92 Å². The van der Waals surface area contributed by atoms with Crippen LogP contribution in [0, 0.1) is 12.8 Å². The van der Waals surface area contributed by atoms with E-state index in [1.165, 1.54) is 109 Å². The highest BCUT2D eigenvalue weighted by molar-refractivity contribution is 4.62. The Kier molecular flexibility index (Phi) is 12.6. The van der Waals surface area contributed by atoms with E-state index in [0.29, 0.717) is 0 Å². The smallest absolute Gasteiger partial charge is 0.0414 e. The topological polar surface area (TPSA) is 0 Å². The van der Waals surface area contributed by atoms with Crippen LogP contribution in [0.25, 0.3) is 0 Å². The van der Waals surface area contributed by atoms with Crippen LogP contribution in [0.2, 0.25) is 0 Å². The van der Waals surface area contributed by atoms with E-state index in [4.69, 9.17) is 0 Å². The molecule has 0 aromatic heterocycles. The molecule has 0 heterocycles. The molecule has 1 radical (unpaired) electrons. The van der Waals surface area contributed by atoms with Gasteiger partial charge < -0.3 is 0 Å². The van der Waals surface area contributed by atoms with E-state index >= 15 is 0 Å². The Balaban J connectivity index is 2.21. The number of unbranched alkanes of at least 4 members (excludes halogenated alkanes) is 2. The Labute approximate surface area is 129 Å². The summed E-state index contributed by atoms with van der Waals surface area (Å²) in [7, 11) is 0. The minimum absolute atomic E-state index is 1.03. The fraction of sp³-hybridized carbons (Fsp3) is 0.950. The quantitative estimate of drug-likeness (QED) is 0.468. The summed E-state index contributed by atoms with van der Waals surface area (Å²) < 4.78 is 0. The van der Waals surface area contributed by atoms with Gasteiger partial charge in [0.2, 0.25) is 0 Å². The van der Waals surface area contributed by atoms with Gasteiger partial charge in [0.25, 0.3) is 0 Å². The van der Waals surface area contributed by atoms with Crippen LogP contribution in [0.15, 0.2) is 0 Å². The first-order valence-electron chi connectivity index (χ1n) is 9.72. The van der Waals surface area contributed by atoms with E-state index < -0.39 is 0 Å². The standard InChI is InChI=1S/C20H39/c1-2-3-14-17-20-18-15-12-10-8-6-4-5-7-9-11-13-16-19-20/h20H,1-19H2. The lowest BCUT2D eigenvalue weighted by atomic mass is 9.90. The molecule has 119 valence electrons. The van der Waals surface area contributed by atoms with Crippen LogP contribution in [-0.4, -0.2) is 0 Å². The van der Waals surface area contributed by atoms with Crippen LogP contribution in [0.1, 0.15) is 116 Å². The third-order valence-electron chi connectivity index (χ3n) is 5.09. The molecule has 0 spiro atoms. The van der Waals surface area contributed by atoms with E-state index in [0.717, 1.165) is 12.3 Å². The highest BCUT2D eigenvalue weighted by atomic mass is 14.1. The predicted octanol–water partition coefficient (Wildman–Crippen LogP) is 7.47. The van der Waals surface area contributed by atoms with Gasteiger partial charge in [-0.05, 0) is 5.92 Å². The third-order valence-corrected chi connectivity index (χ3v) is 5.09. The highest BCUT2D eigenvalue weighted by Crippen LogP contribution is 2.24. The average Bonchev–Trinajstić information content (AvgIpc) is 2.47. The van der Waals surface area contributed by atoms with Crippen LogP contribution >= 0.6 is 0 Å². The molecular weight excluding hydrogens is 240 g/mol. The second kappa shape index (κ2) is 14.0. The summed E-state index contributed by atoms with van der Waals surface area (Å²) in [5.74, 6) is 1.03. The molecule has 0 atom stereocenters. The molecule has 1 aliphatic rings. The summed E-state index contributed by atoms with van der Waals surface area (Å²) in [6, 6.07) is 0. The predicted molar refractivity (Wildman–Crippen MR) is 92.0 cm³/mol. The summed E-state index contributed by atoms with van der Waals surface area (Å²) in [5.41, 5.74) is 0. The van der Waals surface area contributed by atoms with Crippen molar-refractivity contribution in [2.45, 2.75) is 116 Å². The SMILES string of the molecule is [CH2]CCCCC1CCCCCCCCCCCCCC1. The number of hydrogen-bond donors (Lipinski definition) is 0. The van der Waals surface area contributed by atoms with Gasteiger partial charge in [0.15, 0.2) is 0 Å². The van der Waals surface area contributed by atoms with Gasteiger partial charge in [-0.3, -0.25) is 0 Å². The van der Waals surface area contributed by atoms with Gasteiger partial charge in [0, 0.05) is 0 Å². The maximum absolute atomic E-state index is 3.98. The van der Waals surface area contributed by atoms with Crippen LogP contribution in [0.5, 0.6) is 0 Å². The molecule has 0 saturated heterocycles. The monoisotopic (exact) mass is 279 g/mol. The maximum Gasteiger partial charge on any atom is -0.0414 e. The molecule has 0 nitrogen and oxygen atoms in total. The molecule has 0 aliphatic heterocycles. The van der Waals surface area contributed by atoms with Gasteiger partial charge in [0.05, 0.1) is 0 Å². The lowest BCUT2D eigenvalue weighted by molar-refractivity contribution is 0.370. The van der Waals surface area contributed by atoms with E-state index in [9.17, 15) is 0 Å². The molecule has 0 aromatic rings. The van der Waals surface area contributed by atoms with Gasteiger partial charge in [-0.1, -0.05) is 122 Å². The Bertz CT molecular complexity index is 168. The summed E-state index contributed by atoms with van der Waals surface area (Å²) in [5, 5.41) is 0. The minimum Gasteiger partial charge on any atom is -0.0533 e. The van der Waals surface area contributed by atoms with E-state index in [1.54, 1.807) is 0 Å². The van der Waals surface area contributed by atoms with Crippen molar-refractivity contribution in [3.63, 3.8) is 0 Å². The fourth-order valence-corrected chi connectivity index (χ4v) is 3.68. The van der Waals surface area contributed by atoms with E-state index in [2.05, 4.69) is 6.92 Å². The third kappa shape index (κ3) is 10.7. The molecule has 20 heavy (non-hydrogen) atoms. The van der Waals surface area contributed by atoms with E-state index in [1.807, 2.05) is 0 Å². The highest BCUT2D eigenvalue weighted by Gasteiger charge is 2.08. The molecule has 0 amide bonds. The Morgan fingerprint density at radius 3 is 1.35 bits per heavy atom. The molecule has 1 fully saturated rings. The van der Waals surface area contributed by atoms with Gasteiger partial charge in [-0.25, -0.2) is 0 Å². The Morgan fingerprint density at radius 1 is 0.550 bits per heavy atom. The molecule has 0 aromatic carbocycles. The van der Waals surface area contributed by atoms with Crippen LogP contribution in [-0.2, 0) is 0 Å². The second-order valence-corrected chi connectivity index (χ2v) is 7.04. The molecule has 0 unspecified atom stereocenters. The van der Waals surface area contributed by atoms with Crippen LogP contribution in [0.4, 0.5) is 0 Å². The summed E-state index contributed by atoms with van der Waals surface area (Å²) in [6.07, 6.45) is 26.3. The molecular formula is C20H39. The first kappa shape index (κ1) is 18.1. The lowest BCUT2D eigenvalue weighted by Gasteiger charge is -2.16. The first-order valence-corrected chi connectivity index (χ1v) is 9.72. The zero-order chi connectivity index (χ0) is 14.3. The fourth-order valence-electron chi connectivity index (χ4n) is 3.68. The normalized spacial score (nSPS) is 22.1. The number of rotatable bonds is 4. The van der Waals surface area contributed by atoms with Crippen LogP contribution in [0.3, 0.4) is 0 Å². The Morgan fingerprint density at radius 2 is 0.950 bits per heavy atom. The summed E-state index contributed by atoms with van der Waals surface area (Å²) >= 11 is 0. The second-order valence-electron chi connectivity index (χ2n) is 7.04. The van der Waals surface area contributed by atoms with Crippen molar-refractivity contribution >= 4 is 0 Å². The van der Waals surface area contributed by atoms with Gasteiger partial charge in [0.1, 0.15) is 0 Å². The van der Waals surface area contributed by atoms with E-state index in [-0.39, 0.29) is 0 Å². The maximum atomic E-state index is 3.98. The first-order chi connectivity index (χ1) is 9.93. The van der Waals surface area contributed by atoms with Gasteiger partial charge in [-0.15, -0.1) is 0 Å². The number of hydrogen-bond acceptors (Lipinski definition) is 0. The summed E-state index contributed by atoms with van der Waals surface area (Å²) in [6.45, 7) is 3.98. The summed E-state index contributed by atoms with van der Waals surface area (Å²) in [4.78, 5) is 0. The van der Waals surface area contributed by atoms with Gasteiger partial charge >= 0.3 is 0 Å². The van der Waals surface area contributed by atoms with Crippen molar-refractivity contribution in [3.05, 3.63) is 6.92 Å². The van der Waals surface area contributed by atoms with Gasteiger partial charge in [-0.2, -0.15) is 0 Å². The minimum atomic E-state index is 1.03. The zero-order valence-electron chi connectivity index (χ0n) is 14.0. The largest absolute Gasteiger partial charge is 0.0533 e. The van der Waals surface area contributed by atoms with Crippen molar-refractivity contribution in [1.82, 2.24) is 0 Å². The molecule has 0 N–H and O–H groups in total. The Hall–Kier alpha value is 0.